The van der Waals surface area contributed by atoms with Crippen LogP contribution in [0.3, 0.4) is 0 Å². The first-order chi connectivity index (χ1) is 13.4. The molecule has 0 aromatic carbocycles. The molecule has 6 heteroatoms. The Morgan fingerprint density at radius 2 is 1.86 bits per heavy atom. The zero-order chi connectivity index (χ0) is 20.8. The van der Waals surface area contributed by atoms with Crippen LogP contribution in [0, 0.1) is 0 Å². The van der Waals surface area contributed by atoms with Crippen LogP contribution in [-0.4, -0.2) is 56.9 Å². The Balaban J connectivity index is 2.32. The molecule has 0 bridgehead atoms. The van der Waals surface area contributed by atoms with Gasteiger partial charge in [-0.05, 0) is 32.1 Å². The molecule has 0 unspecified atom stereocenters. The van der Waals surface area contributed by atoms with Gasteiger partial charge >= 0.3 is 5.97 Å². The molecule has 1 fully saturated rings. The van der Waals surface area contributed by atoms with E-state index < -0.39 is 30.4 Å². The summed E-state index contributed by atoms with van der Waals surface area (Å²) < 4.78 is 5.76. The maximum atomic E-state index is 10.4. The standard InChI is InChI=1S/C22H34O6/c1-2-3-8-11-17(23)14-15-18(24)21-16-19(25)20(28-21)12-9-6-4-5-7-10-13-22(26)27/h3,5-9,14-15,17-21,23-25H,2,4,10-13,16H2,1H3,(H,26,27)/b7-5-,8-3-,9-6-,15-14+/t17-,18+,19-,20-,21+/m0/s1. The van der Waals surface area contributed by atoms with Crippen molar-refractivity contribution in [2.45, 2.75) is 82.4 Å². The fourth-order valence-corrected chi connectivity index (χ4v) is 2.87. The van der Waals surface area contributed by atoms with Gasteiger partial charge in [-0.1, -0.05) is 55.5 Å². The molecule has 158 valence electrons. The number of ether oxygens (including phenoxy) is 1. The van der Waals surface area contributed by atoms with Crippen LogP contribution in [0.1, 0.15) is 51.9 Å². The highest BCUT2D eigenvalue weighted by Crippen LogP contribution is 2.26. The molecule has 1 aliphatic rings. The van der Waals surface area contributed by atoms with Gasteiger partial charge in [0.2, 0.25) is 0 Å². The van der Waals surface area contributed by atoms with E-state index in [1.165, 1.54) is 6.08 Å². The predicted molar refractivity (Wildman–Crippen MR) is 109 cm³/mol. The highest BCUT2D eigenvalue weighted by atomic mass is 16.5. The molecule has 4 N–H and O–H groups in total. The molecular weight excluding hydrogens is 360 g/mol. The normalized spacial score (nSPS) is 25.5. The first-order valence-corrected chi connectivity index (χ1v) is 9.98. The Bertz CT molecular complexity index is 551. The molecule has 1 rings (SSSR count). The van der Waals surface area contributed by atoms with Gasteiger partial charge in [0.25, 0.3) is 0 Å². The lowest BCUT2D eigenvalue weighted by atomic mass is 10.0. The SMILES string of the molecule is CC/C=C\C[C@H](O)/C=C/[C@@H](O)[C@H]1C[C@H](O)[C@H](C/C=C\C/C=C\CCC(=O)O)O1. The average Bonchev–Trinajstić information content (AvgIpc) is 3.02. The summed E-state index contributed by atoms with van der Waals surface area (Å²) in [6.45, 7) is 2.02. The lowest BCUT2D eigenvalue weighted by Crippen LogP contribution is -2.24. The summed E-state index contributed by atoms with van der Waals surface area (Å²) in [5, 5.41) is 38.7. The van der Waals surface area contributed by atoms with Crippen LogP contribution in [0.15, 0.2) is 48.6 Å². The molecule has 0 amide bonds. The van der Waals surface area contributed by atoms with Gasteiger partial charge in [0.15, 0.2) is 0 Å². The zero-order valence-corrected chi connectivity index (χ0v) is 16.6. The summed E-state index contributed by atoms with van der Waals surface area (Å²) in [6.07, 6.45) is 15.2. The zero-order valence-electron chi connectivity index (χ0n) is 16.6. The van der Waals surface area contributed by atoms with E-state index in [1.807, 2.05) is 43.4 Å². The number of aliphatic hydroxyl groups excluding tert-OH is 3. The summed E-state index contributed by atoms with van der Waals surface area (Å²) in [4.78, 5) is 10.4. The van der Waals surface area contributed by atoms with Crippen LogP contribution >= 0.6 is 0 Å². The molecule has 6 nitrogen and oxygen atoms in total. The summed E-state index contributed by atoms with van der Waals surface area (Å²) in [5.74, 6) is -0.804. The number of rotatable bonds is 13. The molecule has 0 saturated carbocycles. The van der Waals surface area contributed by atoms with Gasteiger partial charge in [-0.15, -0.1) is 0 Å². The Morgan fingerprint density at radius 1 is 1.11 bits per heavy atom. The molecule has 0 aromatic heterocycles. The third-order valence-electron chi connectivity index (χ3n) is 4.44. The molecule has 0 radical (unpaired) electrons. The largest absolute Gasteiger partial charge is 0.481 e. The smallest absolute Gasteiger partial charge is 0.303 e. The maximum absolute atomic E-state index is 10.4. The van der Waals surface area contributed by atoms with Crippen molar-refractivity contribution in [3.8, 4) is 0 Å². The number of carbonyl (C=O) groups is 1. The van der Waals surface area contributed by atoms with E-state index in [0.29, 0.717) is 32.1 Å². The molecule has 1 saturated heterocycles. The van der Waals surface area contributed by atoms with Gasteiger partial charge in [-0.2, -0.15) is 0 Å². The fraction of sp³-hybridized carbons (Fsp3) is 0.591. The average molecular weight is 395 g/mol. The van der Waals surface area contributed by atoms with Crippen LogP contribution in [0.4, 0.5) is 0 Å². The minimum atomic E-state index is -0.870. The maximum Gasteiger partial charge on any atom is 0.303 e. The molecule has 1 aliphatic heterocycles. The predicted octanol–water partition coefficient (Wildman–Crippen LogP) is 2.90. The van der Waals surface area contributed by atoms with Crippen molar-refractivity contribution in [1.82, 2.24) is 0 Å². The molecule has 0 aliphatic carbocycles. The Hall–Kier alpha value is -1.73. The van der Waals surface area contributed by atoms with E-state index in [1.54, 1.807) is 6.08 Å². The van der Waals surface area contributed by atoms with Gasteiger partial charge in [-0.3, -0.25) is 4.79 Å². The van der Waals surface area contributed by atoms with Crippen molar-refractivity contribution < 1.29 is 30.0 Å². The van der Waals surface area contributed by atoms with Gasteiger partial charge in [0.1, 0.15) is 0 Å². The van der Waals surface area contributed by atoms with E-state index in [-0.39, 0.29) is 12.5 Å². The molecule has 5 atom stereocenters. The molecule has 0 aromatic rings. The minimum absolute atomic E-state index is 0.132. The Kier molecular flexibility index (Phi) is 12.4. The summed E-state index contributed by atoms with van der Waals surface area (Å²) >= 11 is 0. The molecule has 0 spiro atoms. The van der Waals surface area contributed by atoms with E-state index in [4.69, 9.17) is 9.84 Å². The second kappa shape index (κ2) is 14.3. The second-order valence-corrected chi connectivity index (χ2v) is 6.92. The number of aliphatic carboxylic acids is 1. The molecular formula is C22H34O6. The summed E-state index contributed by atoms with van der Waals surface area (Å²) in [5.41, 5.74) is 0. The highest BCUT2D eigenvalue weighted by molar-refractivity contribution is 5.66. The number of carboxylic acid groups (broad SMARTS) is 1. The quantitative estimate of drug-likeness (QED) is 0.358. The van der Waals surface area contributed by atoms with Crippen molar-refractivity contribution in [2.24, 2.45) is 0 Å². The van der Waals surface area contributed by atoms with E-state index in [9.17, 15) is 20.1 Å². The van der Waals surface area contributed by atoms with E-state index in [0.717, 1.165) is 6.42 Å². The van der Waals surface area contributed by atoms with Crippen molar-refractivity contribution in [1.29, 1.82) is 0 Å². The lowest BCUT2D eigenvalue weighted by molar-refractivity contribution is -0.136. The lowest BCUT2D eigenvalue weighted by Gasteiger charge is -2.16. The van der Waals surface area contributed by atoms with Crippen LogP contribution in [0.25, 0.3) is 0 Å². The summed E-state index contributed by atoms with van der Waals surface area (Å²) in [6, 6.07) is 0. The number of aliphatic hydroxyl groups is 3. The van der Waals surface area contributed by atoms with Crippen molar-refractivity contribution in [3.63, 3.8) is 0 Å². The first-order valence-electron chi connectivity index (χ1n) is 9.98. The minimum Gasteiger partial charge on any atom is -0.481 e. The fourth-order valence-electron chi connectivity index (χ4n) is 2.87. The molecule has 1 heterocycles. The van der Waals surface area contributed by atoms with Crippen LogP contribution in [0.5, 0.6) is 0 Å². The van der Waals surface area contributed by atoms with Gasteiger partial charge in [0.05, 0.1) is 30.5 Å². The van der Waals surface area contributed by atoms with Crippen LogP contribution in [0.2, 0.25) is 0 Å². The number of hydrogen-bond acceptors (Lipinski definition) is 5. The first kappa shape index (κ1) is 24.3. The van der Waals surface area contributed by atoms with E-state index >= 15 is 0 Å². The van der Waals surface area contributed by atoms with Gasteiger partial charge < -0.3 is 25.2 Å². The van der Waals surface area contributed by atoms with Crippen LogP contribution < -0.4 is 0 Å². The number of carboxylic acids is 1. The Labute approximate surface area is 167 Å². The van der Waals surface area contributed by atoms with E-state index in [2.05, 4.69) is 0 Å². The summed E-state index contributed by atoms with van der Waals surface area (Å²) in [7, 11) is 0. The highest BCUT2D eigenvalue weighted by Gasteiger charge is 2.36. The van der Waals surface area contributed by atoms with Crippen molar-refractivity contribution in [2.75, 3.05) is 0 Å². The monoisotopic (exact) mass is 394 g/mol. The van der Waals surface area contributed by atoms with Gasteiger partial charge in [-0.25, -0.2) is 0 Å². The third-order valence-corrected chi connectivity index (χ3v) is 4.44. The molecule has 28 heavy (non-hydrogen) atoms. The van der Waals surface area contributed by atoms with Crippen LogP contribution in [-0.2, 0) is 9.53 Å². The number of allylic oxidation sites excluding steroid dienone is 4. The number of hydrogen-bond donors (Lipinski definition) is 4. The van der Waals surface area contributed by atoms with Gasteiger partial charge in [0, 0.05) is 12.8 Å². The topological polar surface area (TPSA) is 107 Å². The van der Waals surface area contributed by atoms with Crippen molar-refractivity contribution in [3.05, 3.63) is 48.6 Å². The second-order valence-electron chi connectivity index (χ2n) is 6.92. The Morgan fingerprint density at radius 3 is 2.57 bits per heavy atom. The third kappa shape index (κ3) is 10.6. The van der Waals surface area contributed by atoms with Crippen molar-refractivity contribution >= 4 is 5.97 Å².